The van der Waals surface area contributed by atoms with Crippen molar-refractivity contribution in [1.82, 2.24) is 0 Å². The molecule has 1 aromatic carbocycles. The predicted molar refractivity (Wildman–Crippen MR) is 65.7 cm³/mol. The number of carbonyl (C=O) groups excluding carboxylic acids is 1. The molecule has 0 saturated heterocycles. The van der Waals surface area contributed by atoms with Crippen LogP contribution in [0.25, 0.3) is 0 Å². The van der Waals surface area contributed by atoms with E-state index in [1.807, 2.05) is 0 Å². The normalized spacial score (nSPS) is 9.22. The van der Waals surface area contributed by atoms with Gasteiger partial charge >= 0.3 is 0 Å². The summed E-state index contributed by atoms with van der Waals surface area (Å²) in [5, 5.41) is 8.49. The topological polar surface area (TPSA) is 40.9 Å². The first kappa shape index (κ1) is 14.2. The van der Waals surface area contributed by atoms with Crippen molar-refractivity contribution in [2.24, 2.45) is 0 Å². The number of hydrogen-bond acceptors (Lipinski definition) is 3. The van der Waals surface area contributed by atoms with Crippen LogP contribution in [0, 0.1) is 34.8 Å². The Bertz CT molecular complexity index is 544. The molecule has 0 atom stereocenters. The van der Waals surface area contributed by atoms with Crippen molar-refractivity contribution in [3.63, 3.8) is 0 Å². The van der Waals surface area contributed by atoms with Gasteiger partial charge in [0.25, 0.3) is 0 Å². The molecule has 0 heterocycles. The number of halogens is 2. The Balaban J connectivity index is 2.72. The summed E-state index contributed by atoms with van der Waals surface area (Å²) in [6.07, 6.45) is 0.452. The third-order valence-corrected chi connectivity index (χ3v) is 2.73. The van der Waals surface area contributed by atoms with Crippen LogP contribution in [0.3, 0.4) is 0 Å². The molecule has 0 spiro atoms. The lowest BCUT2D eigenvalue weighted by molar-refractivity contribution is -0.109. The molecular formula is C13H9F2NOS. The molecule has 1 aromatic rings. The van der Waals surface area contributed by atoms with Crippen molar-refractivity contribution >= 4 is 16.9 Å². The predicted octanol–water partition coefficient (Wildman–Crippen LogP) is 2.86. The summed E-state index contributed by atoms with van der Waals surface area (Å²) < 4.78 is 26.4. The Kier molecular flexibility index (Phi) is 5.35. The maximum Gasteiger partial charge on any atom is 0.185 e. The molecule has 0 aliphatic rings. The zero-order valence-corrected chi connectivity index (χ0v) is 10.4. The Morgan fingerprint density at radius 1 is 1.39 bits per heavy atom. The fraction of sp³-hybridized carbons (Fsp3) is 0.231. The molecule has 92 valence electrons. The van der Waals surface area contributed by atoms with Gasteiger partial charge in [-0.3, -0.25) is 4.79 Å². The van der Waals surface area contributed by atoms with Gasteiger partial charge in [-0.15, -0.1) is 0 Å². The second-order valence-corrected chi connectivity index (χ2v) is 4.59. The van der Waals surface area contributed by atoms with E-state index in [1.165, 1.54) is 13.0 Å². The maximum absolute atomic E-state index is 13.2. The number of thioether (sulfide) groups is 1. The standard InChI is InChI=1S/C13H9F2NOS/c1-9(17)18-5-3-2-4-10-6-12(14)11(8-16)13(15)7-10/h6-7H,3,5H2,1H3. The highest BCUT2D eigenvalue weighted by Crippen LogP contribution is 2.13. The molecule has 0 unspecified atom stereocenters. The van der Waals surface area contributed by atoms with Crippen molar-refractivity contribution in [1.29, 1.82) is 5.26 Å². The van der Waals surface area contributed by atoms with Gasteiger partial charge in [-0.1, -0.05) is 23.6 Å². The highest BCUT2D eigenvalue weighted by molar-refractivity contribution is 8.13. The van der Waals surface area contributed by atoms with Crippen LogP contribution in [0.4, 0.5) is 8.78 Å². The first-order valence-electron chi connectivity index (χ1n) is 5.06. The molecule has 0 aliphatic carbocycles. The minimum absolute atomic E-state index is 0.00672. The van der Waals surface area contributed by atoms with Gasteiger partial charge in [-0.2, -0.15) is 5.26 Å². The molecule has 1 rings (SSSR count). The first-order chi connectivity index (χ1) is 8.54. The van der Waals surface area contributed by atoms with Crippen molar-refractivity contribution in [3.8, 4) is 17.9 Å². The molecule has 0 N–H and O–H groups in total. The average molecular weight is 265 g/mol. The SMILES string of the molecule is CC(=O)SCCC#Cc1cc(F)c(C#N)c(F)c1. The lowest BCUT2D eigenvalue weighted by atomic mass is 10.1. The van der Waals surface area contributed by atoms with Crippen LogP contribution in [0.5, 0.6) is 0 Å². The summed E-state index contributed by atoms with van der Waals surface area (Å²) in [5.41, 5.74) is -0.426. The van der Waals surface area contributed by atoms with E-state index in [-0.39, 0.29) is 10.7 Å². The van der Waals surface area contributed by atoms with Gasteiger partial charge in [0.1, 0.15) is 23.3 Å². The molecule has 0 amide bonds. The molecule has 0 bridgehead atoms. The Morgan fingerprint density at radius 2 is 2.00 bits per heavy atom. The lowest BCUT2D eigenvalue weighted by Gasteiger charge is -1.96. The Morgan fingerprint density at radius 3 is 2.50 bits per heavy atom. The third-order valence-electron chi connectivity index (χ3n) is 1.92. The van der Waals surface area contributed by atoms with E-state index in [0.29, 0.717) is 12.2 Å². The van der Waals surface area contributed by atoms with Gasteiger partial charge in [0.15, 0.2) is 5.12 Å². The fourth-order valence-corrected chi connectivity index (χ4v) is 1.65. The minimum Gasteiger partial charge on any atom is -0.288 e. The van der Waals surface area contributed by atoms with Gasteiger partial charge < -0.3 is 0 Å². The van der Waals surface area contributed by atoms with E-state index in [1.54, 1.807) is 0 Å². The van der Waals surface area contributed by atoms with Crippen molar-refractivity contribution in [2.45, 2.75) is 13.3 Å². The number of benzene rings is 1. The zero-order valence-electron chi connectivity index (χ0n) is 9.59. The monoisotopic (exact) mass is 265 g/mol. The first-order valence-corrected chi connectivity index (χ1v) is 6.04. The Hall–Kier alpha value is -1.85. The van der Waals surface area contributed by atoms with E-state index in [2.05, 4.69) is 11.8 Å². The van der Waals surface area contributed by atoms with Gasteiger partial charge in [0.2, 0.25) is 0 Å². The quantitative estimate of drug-likeness (QED) is 0.610. The van der Waals surface area contributed by atoms with Gasteiger partial charge in [0.05, 0.1) is 0 Å². The number of nitriles is 1. The molecule has 18 heavy (non-hydrogen) atoms. The molecule has 0 radical (unpaired) electrons. The van der Waals surface area contributed by atoms with Crippen LogP contribution in [-0.2, 0) is 4.79 Å². The molecular weight excluding hydrogens is 256 g/mol. The smallest absolute Gasteiger partial charge is 0.185 e. The molecule has 2 nitrogen and oxygen atoms in total. The molecule has 0 fully saturated rings. The molecule has 0 aliphatic heterocycles. The van der Waals surface area contributed by atoms with Crippen LogP contribution in [0.15, 0.2) is 12.1 Å². The summed E-state index contributed by atoms with van der Waals surface area (Å²) in [7, 11) is 0. The van der Waals surface area contributed by atoms with Crippen molar-refractivity contribution in [3.05, 3.63) is 34.9 Å². The molecule has 0 aromatic heterocycles. The molecule has 5 heteroatoms. The second kappa shape index (κ2) is 6.78. The van der Waals surface area contributed by atoms with Gasteiger partial charge in [-0.05, 0) is 12.1 Å². The average Bonchev–Trinajstić information content (AvgIpc) is 2.27. The van der Waals surface area contributed by atoms with E-state index >= 15 is 0 Å². The number of rotatable bonds is 2. The number of hydrogen-bond donors (Lipinski definition) is 0. The van der Waals surface area contributed by atoms with E-state index in [4.69, 9.17) is 5.26 Å². The summed E-state index contributed by atoms with van der Waals surface area (Å²) in [6.45, 7) is 1.46. The third kappa shape index (κ3) is 4.20. The van der Waals surface area contributed by atoms with Crippen LogP contribution < -0.4 is 0 Å². The van der Waals surface area contributed by atoms with Crippen molar-refractivity contribution in [2.75, 3.05) is 5.75 Å². The summed E-state index contributed by atoms with van der Waals surface area (Å²) in [6, 6.07) is 3.48. The van der Waals surface area contributed by atoms with Crippen LogP contribution in [0.1, 0.15) is 24.5 Å². The number of carbonyl (C=O) groups is 1. The maximum atomic E-state index is 13.2. The zero-order chi connectivity index (χ0) is 13.5. The summed E-state index contributed by atoms with van der Waals surface area (Å²) in [5.74, 6) is 4.01. The van der Waals surface area contributed by atoms with Crippen LogP contribution in [0.2, 0.25) is 0 Å². The van der Waals surface area contributed by atoms with Crippen LogP contribution >= 0.6 is 11.8 Å². The van der Waals surface area contributed by atoms with Gasteiger partial charge in [-0.25, -0.2) is 8.78 Å². The number of nitrogens with zero attached hydrogens (tertiary/aromatic N) is 1. The van der Waals surface area contributed by atoms with E-state index in [0.717, 1.165) is 23.9 Å². The van der Waals surface area contributed by atoms with Gasteiger partial charge in [0, 0.05) is 24.7 Å². The molecule has 0 saturated carbocycles. The Labute approximate surface area is 108 Å². The highest BCUT2D eigenvalue weighted by atomic mass is 32.2. The van der Waals surface area contributed by atoms with Crippen LogP contribution in [-0.4, -0.2) is 10.9 Å². The summed E-state index contributed by atoms with van der Waals surface area (Å²) >= 11 is 1.15. The highest BCUT2D eigenvalue weighted by Gasteiger charge is 2.09. The minimum atomic E-state index is -0.917. The second-order valence-electron chi connectivity index (χ2n) is 3.32. The van der Waals surface area contributed by atoms with E-state index < -0.39 is 17.2 Å². The van der Waals surface area contributed by atoms with Crippen molar-refractivity contribution < 1.29 is 13.6 Å². The lowest BCUT2D eigenvalue weighted by Crippen LogP contribution is -1.92. The van der Waals surface area contributed by atoms with E-state index in [9.17, 15) is 13.6 Å². The fourth-order valence-electron chi connectivity index (χ4n) is 1.16. The summed E-state index contributed by atoms with van der Waals surface area (Å²) in [4.78, 5) is 10.6. The largest absolute Gasteiger partial charge is 0.288 e.